The van der Waals surface area contributed by atoms with Crippen molar-refractivity contribution in [2.75, 3.05) is 34.4 Å². The standard InChI is InChI=1S/C8H18NO5P/c1-5-6-13-8(9(2,3)4)7-14-15(10,11)12/h5,8H,1,6-7H2,2-4H3,(H-,10,11,12). The van der Waals surface area contributed by atoms with E-state index in [2.05, 4.69) is 11.1 Å². The quantitative estimate of drug-likeness (QED) is 0.285. The smallest absolute Gasteiger partial charge is 0.265 e. The van der Waals surface area contributed by atoms with Gasteiger partial charge in [0.2, 0.25) is 6.23 Å². The van der Waals surface area contributed by atoms with Crippen LogP contribution in [0.2, 0.25) is 0 Å². The van der Waals surface area contributed by atoms with E-state index in [1.165, 1.54) is 0 Å². The fraction of sp³-hybridized carbons (Fsp3) is 0.750. The van der Waals surface area contributed by atoms with Gasteiger partial charge in [-0.3, -0.25) is 4.57 Å². The zero-order valence-corrected chi connectivity index (χ0v) is 10.1. The molecule has 0 spiro atoms. The summed E-state index contributed by atoms with van der Waals surface area (Å²) in [5, 5.41) is 0. The number of phosphoric ester groups is 1. The van der Waals surface area contributed by atoms with Crippen LogP contribution in [0.3, 0.4) is 0 Å². The number of nitrogens with zero attached hydrogens (tertiary/aromatic N) is 1. The van der Waals surface area contributed by atoms with Crippen LogP contribution in [0.4, 0.5) is 0 Å². The average molecular weight is 239 g/mol. The molecule has 0 saturated heterocycles. The van der Waals surface area contributed by atoms with Crippen molar-refractivity contribution in [3.63, 3.8) is 0 Å². The topological polar surface area (TPSA) is 78.8 Å². The molecule has 6 nitrogen and oxygen atoms in total. The molecule has 0 aliphatic carbocycles. The Labute approximate surface area is 89.9 Å². The molecule has 0 rings (SSSR count). The minimum atomic E-state index is -4.69. The largest absolute Gasteiger partial charge is 0.756 e. The molecule has 0 aliphatic rings. The Bertz CT molecular complexity index is 244. The predicted octanol–water partition coefficient (Wildman–Crippen LogP) is -0.301. The van der Waals surface area contributed by atoms with Crippen LogP contribution in [0.5, 0.6) is 0 Å². The van der Waals surface area contributed by atoms with Gasteiger partial charge in [0.15, 0.2) is 0 Å². The van der Waals surface area contributed by atoms with Crippen molar-refractivity contribution >= 4 is 7.82 Å². The molecule has 15 heavy (non-hydrogen) atoms. The highest BCUT2D eigenvalue weighted by Crippen LogP contribution is 2.30. The molecule has 0 aromatic rings. The van der Waals surface area contributed by atoms with Gasteiger partial charge in [-0.15, -0.1) is 6.58 Å². The number of rotatable bonds is 7. The second-order valence-electron chi connectivity index (χ2n) is 3.96. The SMILES string of the molecule is C=CCOC(COP(=O)([O-])O)[N+](C)(C)C. The van der Waals surface area contributed by atoms with Crippen molar-refractivity contribution in [3.8, 4) is 0 Å². The van der Waals surface area contributed by atoms with E-state index in [0.29, 0.717) is 4.48 Å². The van der Waals surface area contributed by atoms with Crippen LogP contribution in [0, 0.1) is 0 Å². The Kier molecular flexibility index (Phi) is 5.66. The molecule has 0 radical (unpaired) electrons. The van der Waals surface area contributed by atoms with Crippen molar-refractivity contribution < 1.29 is 28.1 Å². The fourth-order valence-electron chi connectivity index (χ4n) is 0.832. The third-order valence-corrected chi connectivity index (χ3v) is 2.13. The summed E-state index contributed by atoms with van der Waals surface area (Å²) in [6.45, 7) is 3.55. The average Bonchev–Trinajstić information content (AvgIpc) is 1.99. The fourth-order valence-corrected chi connectivity index (χ4v) is 1.15. The number of hydrogen-bond donors (Lipinski definition) is 1. The molecule has 0 bridgehead atoms. The highest BCUT2D eigenvalue weighted by atomic mass is 31.2. The first kappa shape index (κ1) is 14.8. The zero-order valence-electron chi connectivity index (χ0n) is 9.25. The maximum absolute atomic E-state index is 10.4. The Morgan fingerprint density at radius 3 is 2.47 bits per heavy atom. The second-order valence-corrected chi connectivity index (χ2v) is 5.15. The monoisotopic (exact) mass is 239 g/mol. The zero-order chi connectivity index (χ0) is 12.1. The Morgan fingerprint density at radius 1 is 1.60 bits per heavy atom. The predicted molar refractivity (Wildman–Crippen MR) is 53.7 cm³/mol. The van der Waals surface area contributed by atoms with Gasteiger partial charge in [0.25, 0.3) is 7.82 Å². The molecular weight excluding hydrogens is 221 g/mol. The van der Waals surface area contributed by atoms with Crippen LogP contribution in [0.1, 0.15) is 0 Å². The number of likely N-dealkylation sites (N-methyl/N-ethyl adjacent to an activating group) is 1. The summed E-state index contributed by atoms with van der Waals surface area (Å²) < 4.78 is 20.4. The van der Waals surface area contributed by atoms with Gasteiger partial charge in [-0.1, -0.05) is 6.08 Å². The maximum Gasteiger partial charge on any atom is 0.265 e. The summed E-state index contributed by atoms with van der Waals surface area (Å²) in [4.78, 5) is 18.9. The summed E-state index contributed by atoms with van der Waals surface area (Å²) in [6.07, 6.45) is 1.07. The molecule has 0 saturated carbocycles. The molecule has 2 unspecified atom stereocenters. The van der Waals surface area contributed by atoms with Gasteiger partial charge in [-0.05, 0) is 0 Å². The van der Waals surface area contributed by atoms with Gasteiger partial charge >= 0.3 is 0 Å². The first-order valence-electron chi connectivity index (χ1n) is 4.39. The van der Waals surface area contributed by atoms with E-state index >= 15 is 0 Å². The van der Waals surface area contributed by atoms with Crippen LogP contribution in [0.15, 0.2) is 12.7 Å². The molecular formula is C8H18NO5P. The van der Waals surface area contributed by atoms with E-state index in [1.807, 2.05) is 21.1 Å². The lowest BCUT2D eigenvalue weighted by molar-refractivity contribution is -0.919. The molecule has 0 fully saturated rings. The molecule has 0 amide bonds. The van der Waals surface area contributed by atoms with Gasteiger partial charge in [-0.25, -0.2) is 0 Å². The van der Waals surface area contributed by atoms with Gasteiger partial charge in [0, 0.05) is 0 Å². The second kappa shape index (κ2) is 5.75. The summed E-state index contributed by atoms with van der Waals surface area (Å²) in [5.41, 5.74) is 0. The van der Waals surface area contributed by atoms with Gasteiger partial charge in [0.05, 0.1) is 27.7 Å². The Morgan fingerprint density at radius 2 is 2.13 bits per heavy atom. The molecule has 0 aromatic heterocycles. The minimum Gasteiger partial charge on any atom is -0.756 e. The molecule has 7 heteroatoms. The normalized spacial score (nSPS) is 18.2. The first-order valence-corrected chi connectivity index (χ1v) is 5.88. The lowest BCUT2D eigenvalue weighted by atomic mass is 10.4. The van der Waals surface area contributed by atoms with Gasteiger partial charge in [-0.2, -0.15) is 0 Å². The summed E-state index contributed by atoms with van der Waals surface area (Å²) >= 11 is 0. The first-order chi connectivity index (χ1) is 6.67. The number of quaternary nitrogens is 1. The highest BCUT2D eigenvalue weighted by molar-refractivity contribution is 7.44. The molecule has 0 heterocycles. The lowest BCUT2D eigenvalue weighted by Gasteiger charge is -2.33. The van der Waals surface area contributed by atoms with Crippen molar-refractivity contribution in [1.29, 1.82) is 0 Å². The maximum atomic E-state index is 10.4. The Hall–Kier alpha value is -0.230. The van der Waals surface area contributed by atoms with Crippen LogP contribution >= 0.6 is 7.82 Å². The summed E-state index contributed by atoms with van der Waals surface area (Å²) in [6, 6.07) is 0. The molecule has 0 aromatic carbocycles. The van der Waals surface area contributed by atoms with Gasteiger partial charge < -0.3 is 23.5 Å². The summed E-state index contributed by atoms with van der Waals surface area (Å²) in [7, 11) is 0.784. The minimum absolute atomic E-state index is 0.228. The third-order valence-electron chi connectivity index (χ3n) is 1.65. The van der Waals surface area contributed by atoms with E-state index in [9.17, 15) is 9.46 Å². The van der Waals surface area contributed by atoms with Crippen molar-refractivity contribution in [1.82, 2.24) is 0 Å². The van der Waals surface area contributed by atoms with E-state index in [0.717, 1.165) is 0 Å². The van der Waals surface area contributed by atoms with Crippen LogP contribution in [0.25, 0.3) is 0 Å². The molecule has 90 valence electrons. The van der Waals surface area contributed by atoms with Crippen LogP contribution in [-0.4, -0.2) is 50.0 Å². The van der Waals surface area contributed by atoms with E-state index < -0.39 is 14.1 Å². The summed E-state index contributed by atoms with van der Waals surface area (Å²) in [5.74, 6) is 0. The van der Waals surface area contributed by atoms with Crippen molar-refractivity contribution in [2.45, 2.75) is 6.23 Å². The number of phosphoric acid groups is 1. The molecule has 2 atom stereocenters. The van der Waals surface area contributed by atoms with E-state index in [-0.39, 0.29) is 13.2 Å². The lowest BCUT2D eigenvalue weighted by Crippen LogP contribution is -2.49. The third kappa shape index (κ3) is 7.67. The van der Waals surface area contributed by atoms with E-state index in [1.54, 1.807) is 6.08 Å². The van der Waals surface area contributed by atoms with Crippen LogP contribution in [-0.2, 0) is 13.8 Å². The highest BCUT2D eigenvalue weighted by Gasteiger charge is 2.25. The molecule has 0 aliphatic heterocycles. The van der Waals surface area contributed by atoms with Crippen LogP contribution < -0.4 is 4.89 Å². The molecule has 1 N–H and O–H groups in total. The van der Waals surface area contributed by atoms with E-state index in [4.69, 9.17) is 9.63 Å². The van der Waals surface area contributed by atoms with Crippen molar-refractivity contribution in [3.05, 3.63) is 12.7 Å². The van der Waals surface area contributed by atoms with Gasteiger partial charge in [0.1, 0.15) is 6.61 Å². The number of hydrogen-bond acceptors (Lipinski definition) is 4. The van der Waals surface area contributed by atoms with Crippen molar-refractivity contribution in [2.24, 2.45) is 0 Å². The Balaban J connectivity index is 4.26. The number of ether oxygens (including phenoxy) is 1.